The zero-order chi connectivity index (χ0) is 20.2. The normalized spacial score (nSPS) is 12.4. The van der Waals surface area contributed by atoms with E-state index in [1.807, 2.05) is 42.5 Å². The minimum absolute atomic E-state index is 0.112. The lowest BCUT2D eigenvalue weighted by atomic mass is 10.1. The highest BCUT2D eigenvalue weighted by Crippen LogP contribution is 2.28. The number of benzene rings is 3. The largest absolute Gasteiger partial charge is 0.497 e. The molecule has 5 nitrogen and oxygen atoms in total. The minimum atomic E-state index is -0.112. The minimum Gasteiger partial charge on any atom is -0.497 e. The molecule has 148 valence electrons. The number of carbonyl (C=O) groups excluding carboxylic acids is 1. The third-order valence-electron chi connectivity index (χ3n) is 5.27. The lowest BCUT2D eigenvalue weighted by molar-refractivity contribution is 0.0950. The van der Waals surface area contributed by atoms with Crippen LogP contribution in [0.5, 0.6) is 11.5 Å². The van der Waals surface area contributed by atoms with Crippen LogP contribution in [0.1, 0.15) is 27.0 Å². The van der Waals surface area contributed by atoms with Gasteiger partial charge in [0.2, 0.25) is 0 Å². The van der Waals surface area contributed by atoms with Crippen LogP contribution >= 0.6 is 0 Å². The molecule has 0 radical (unpaired) electrons. The van der Waals surface area contributed by atoms with Gasteiger partial charge in [-0.3, -0.25) is 4.79 Å². The molecular weight excluding hydrogens is 364 g/mol. The molecule has 1 aliphatic heterocycles. The molecular formula is C24H24N2O3. The first-order valence-electron chi connectivity index (χ1n) is 9.59. The van der Waals surface area contributed by atoms with E-state index < -0.39 is 0 Å². The van der Waals surface area contributed by atoms with Crippen molar-refractivity contribution in [2.45, 2.75) is 19.6 Å². The molecule has 4 rings (SSSR count). The number of rotatable bonds is 6. The lowest BCUT2D eigenvalue weighted by Crippen LogP contribution is -2.23. The molecule has 0 spiro atoms. The van der Waals surface area contributed by atoms with Crippen molar-refractivity contribution < 1.29 is 14.3 Å². The Hall–Kier alpha value is -3.47. The molecule has 1 N–H and O–H groups in total. The predicted octanol–water partition coefficient (Wildman–Crippen LogP) is 4.15. The lowest BCUT2D eigenvalue weighted by Gasteiger charge is -2.18. The molecule has 1 heterocycles. The van der Waals surface area contributed by atoms with Gasteiger partial charge in [0, 0.05) is 42.5 Å². The molecule has 3 aromatic carbocycles. The van der Waals surface area contributed by atoms with Crippen molar-refractivity contribution in [2.24, 2.45) is 0 Å². The van der Waals surface area contributed by atoms with Crippen molar-refractivity contribution in [2.75, 3.05) is 19.1 Å². The Kier molecular flexibility index (Phi) is 5.38. The predicted molar refractivity (Wildman–Crippen MR) is 113 cm³/mol. The van der Waals surface area contributed by atoms with Gasteiger partial charge in [-0.15, -0.1) is 0 Å². The van der Waals surface area contributed by atoms with E-state index >= 15 is 0 Å². The van der Waals surface area contributed by atoms with Gasteiger partial charge in [0.1, 0.15) is 11.5 Å². The Morgan fingerprint density at radius 1 is 0.931 bits per heavy atom. The zero-order valence-corrected chi connectivity index (χ0v) is 16.6. The van der Waals surface area contributed by atoms with Crippen LogP contribution in [-0.2, 0) is 19.6 Å². The number of hydrogen-bond donors (Lipinski definition) is 1. The van der Waals surface area contributed by atoms with Crippen LogP contribution < -0.4 is 19.7 Å². The molecule has 0 saturated carbocycles. The number of methoxy groups -OCH3 is 2. The van der Waals surface area contributed by atoms with Gasteiger partial charge in [-0.2, -0.15) is 0 Å². The molecule has 0 bridgehead atoms. The maximum atomic E-state index is 12.6. The van der Waals surface area contributed by atoms with Crippen LogP contribution in [0.4, 0.5) is 5.69 Å². The number of fused-ring (bicyclic) bond motifs is 1. The van der Waals surface area contributed by atoms with Crippen LogP contribution in [-0.4, -0.2) is 20.1 Å². The fourth-order valence-electron chi connectivity index (χ4n) is 3.61. The second-order valence-corrected chi connectivity index (χ2v) is 7.03. The number of hydrogen-bond acceptors (Lipinski definition) is 4. The molecule has 29 heavy (non-hydrogen) atoms. The Labute approximate surface area is 170 Å². The van der Waals surface area contributed by atoms with Gasteiger partial charge in [-0.25, -0.2) is 0 Å². The first-order valence-corrected chi connectivity index (χ1v) is 9.59. The fraction of sp³-hybridized carbons (Fsp3) is 0.208. The van der Waals surface area contributed by atoms with Crippen LogP contribution in [0.2, 0.25) is 0 Å². The Bertz CT molecular complexity index is 990. The van der Waals surface area contributed by atoms with E-state index in [0.29, 0.717) is 17.9 Å². The van der Waals surface area contributed by atoms with Crippen LogP contribution in [0.25, 0.3) is 0 Å². The molecule has 0 aromatic heterocycles. The van der Waals surface area contributed by atoms with E-state index in [1.54, 1.807) is 14.2 Å². The zero-order valence-electron chi connectivity index (χ0n) is 16.6. The smallest absolute Gasteiger partial charge is 0.251 e. The van der Waals surface area contributed by atoms with Crippen LogP contribution in [0.15, 0.2) is 66.7 Å². The van der Waals surface area contributed by atoms with Crippen molar-refractivity contribution in [3.63, 3.8) is 0 Å². The van der Waals surface area contributed by atoms with E-state index in [4.69, 9.17) is 9.47 Å². The quantitative estimate of drug-likeness (QED) is 0.689. The summed E-state index contributed by atoms with van der Waals surface area (Å²) >= 11 is 0. The molecule has 0 atom stereocenters. The summed E-state index contributed by atoms with van der Waals surface area (Å²) in [7, 11) is 3.22. The van der Waals surface area contributed by atoms with Crippen LogP contribution in [0, 0.1) is 0 Å². The van der Waals surface area contributed by atoms with Gasteiger partial charge in [0.15, 0.2) is 0 Å². The van der Waals surface area contributed by atoms with E-state index in [0.717, 1.165) is 30.1 Å². The van der Waals surface area contributed by atoms with E-state index in [9.17, 15) is 4.79 Å². The van der Waals surface area contributed by atoms with Crippen molar-refractivity contribution in [3.8, 4) is 11.5 Å². The standard InChI is InChI=1S/C24H24N2O3/c1-28-22-12-9-18(23(13-22)29-2)14-25-24(27)17-7-10-21(11-8-17)26-15-19-5-3-4-6-20(19)16-26/h3-13H,14-16H2,1-2H3,(H,25,27). The monoisotopic (exact) mass is 388 g/mol. The van der Waals surface area contributed by atoms with Gasteiger partial charge in [-0.1, -0.05) is 24.3 Å². The van der Waals surface area contributed by atoms with Gasteiger partial charge in [0.25, 0.3) is 5.91 Å². The number of anilines is 1. The topological polar surface area (TPSA) is 50.8 Å². The number of carbonyl (C=O) groups is 1. The van der Waals surface area contributed by atoms with Gasteiger partial charge >= 0.3 is 0 Å². The third-order valence-corrected chi connectivity index (χ3v) is 5.27. The molecule has 1 amide bonds. The fourth-order valence-corrected chi connectivity index (χ4v) is 3.61. The van der Waals surface area contributed by atoms with Gasteiger partial charge < -0.3 is 19.7 Å². The average Bonchev–Trinajstić information content (AvgIpc) is 3.21. The molecule has 1 aliphatic rings. The Balaban J connectivity index is 1.39. The van der Waals surface area contributed by atoms with Crippen molar-refractivity contribution >= 4 is 11.6 Å². The SMILES string of the molecule is COc1ccc(CNC(=O)c2ccc(N3Cc4ccccc4C3)cc2)c(OC)c1. The number of nitrogens with one attached hydrogen (secondary N) is 1. The summed E-state index contributed by atoms with van der Waals surface area (Å²) < 4.78 is 10.6. The maximum absolute atomic E-state index is 12.6. The van der Waals surface area contributed by atoms with Gasteiger partial charge in [-0.05, 0) is 47.5 Å². The summed E-state index contributed by atoms with van der Waals surface area (Å²) in [5.41, 5.74) is 5.38. The van der Waals surface area contributed by atoms with E-state index in [-0.39, 0.29) is 5.91 Å². The van der Waals surface area contributed by atoms with Crippen molar-refractivity contribution in [3.05, 3.63) is 89.0 Å². The summed E-state index contributed by atoms with van der Waals surface area (Å²) in [5.74, 6) is 1.30. The highest BCUT2D eigenvalue weighted by molar-refractivity contribution is 5.94. The maximum Gasteiger partial charge on any atom is 0.251 e. The van der Waals surface area contributed by atoms with Crippen molar-refractivity contribution in [1.82, 2.24) is 5.32 Å². The summed E-state index contributed by atoms with van der Waals surface area (Å²) in [6.45, 7) is 2.19. The summed E-state index contributed by atoms with van der Waals surface area (Å²) in [5, 5.41) is 2.96. The second kappa shape index (κ2) is 8.27. The van der Waals surface area contributed by atoms with Crippen LogP contribution in [0.3, 0.4) is 0 Å². The summed E-state index contributed by atoms with van der Waals surface area (Å²) in [4.78, 5) is 14.9. The van der Waals surface area contributed by atoms with Gasteiger partial charge in [0.05, 0.1) is 14.2 Å². The molecule has 0 saturated heterocycles. The number of amides is 1. The Morgan fingerprint density at radius 2 is 1.62 bits per heavy atom. The molecule has 5 heteroatoms. The average molecular weight is 388 g/mol. The first kappa shape index (κ1) is 18.9. The van der Waals surface area contributed by atoms with Crippen molar-refractivity contribution in [1.29, 1.82) is 0 Å². The Morgan fingerprint density at radius 3 is 2.24 bits per heavy atom. The summed E-state index contributed by atoms with van der Waals surface area (Å²) in [6, 6.07) is 21.8. The second-order valence-electron chi connectivity index (χ2n) is 7.03. The number of ether oxygens (including phenoxy) is 2. The first-order chi connectivity index (χ1) is 14.2. The summed E-state index contributed by atoms with van der Waals surface area (Å²) in [6.07, 6.45) is 0. The molecule has 0 unspecified atom stereocenters. The number of nitrogens with zero attached hydrogens (tertiary/aromatic N) is 1. The molecule has 3 aromatic rings. The third kappa shape index (κ3) is 4.04. The van der Waals surface area contributed by atoms with E-state index in [1.165, 1.54) is 11.1 Å². The highest BCUT2D eigenvalue weighted by atomic mass is 16.5. The highest BCUT2D eigenvalue weighted by Gasteiger charge is 2.18. The molecule has 0 aliphatic carbocycles. The van der Waals surface area contributed by atoms with E-state index in [2.05, 4.69) is 34.5 Å². The molecule has 0 fully saturated rings.